The maximum atomic E-state index is 12.1. The first-order valence-electron chi connectivity index (χ1n) is 7.16. The van der Waals surface area contributed by atoms with Gasteiger partial charge in [0.15, 0.2) is 5.78 Å². The van der Waals surface area contributed by atoms with Crippen molar-refractivity contribution in [3.63, 3.8) is 0 Å². The summed E-state index contributed by atoms with van der Waals surface area (Å²) in [5, 5.41) is -0.517. The molecular formula is C16H20ClNO2. The SMILES string of the molecule is CCCCC(=O)N1CCc2cc(C(=O)C(C)Cl)ccc21. The van der Waals surface area contributed by atoms with Gasteiger partial charge in [-0.25, -0.2) is 0 Å². The molecule has 108 valence electrons. The molecule has 0 saturated heterocycles. The molecule has 0 N–H and O–H groups in total. The third-order valence-electron chi connectivity index (χ3n) is 3.67. The maximum Gasteiger partial charge on any atom is 0.226 e. The Morgan fingerprint density at radius 2 is 2.15 bits per heavy atom. The summed E-state index contributed by atoms with van der Waals surface area (Å²) in [5.74, 6) is 0.112. The summed E-state index contributed by atoms with van der Waals surface area (Å²) in [6, 6.07) is 5.52. The van der Waals surface area contributed by atoms with Gasteiger partial charge in [0.05, 0.1) is 5.38 Å². The van der Waals surface area contributed by atoms with Crippen molar-refractivity contribution < 1.29 is 9.59 Å². The first-order chi connectivity index (χ1) is 9.54. The van der Waals surface area contributed by atoms with Crippen molar-refractivity contribution in [1.82, 2.24) is 0 Å². The van der Waals surface area contributed by atoms with Gasteiger partial charge in [-0.3, -0.25) is 9.59 Å². The zero-order chi connectivity index (χ0) is 14.7. The minimum atomic E-state index is -0.517. The normalized spacial score (nSPS) is 15.1. The number of halogens is 1. The molecule has 0 radical (unpaired) electrons. The Hall–Kier alpha value is -1.35. The fourth-order valence-corrected chi connectivity index (χ4v) is 2.63. The van der Waals surface area contributed by atoms with Gasteiger partial charge in [-0.1, -0.05) is 13.3 Å². The monoisotopic (exact) mass is 293 g/mol. The number of rotatable bonds is 5. The lowest BCUT2D eigenvalue weighted by molar-refractivity contribution is -0.118. The molecule has 4 heteroatoms. The highest BCUT2D eigenvalue weighted by Gasteiger charge is 2.25. The number of benzene rings is 1. The molecule has 1 unspecified atom stereocenters. The topological polar surface area (TPSA) is 37.4 Å². The fraction of sp³-hybridized carbons (Fsp3) is 0.500. The zero-order valence-electron chi connectivity index (χ0n) is 12.0. The second-order valence-corrected chi connectivity index (χ2v) is 5.88. The van der Waals surface area contributed by atoms with Gasteiger partial charge in [-0.2, -0.15) is 0 Å². The lowest BCUT2D eigenvalue weighted by Crippen LogP contribution is -2.28. The van der Waals surface area contributed by atoms with Crippen molar-refractivity contribution in [1.29, 1.82) is 0 Å². The first kappa shape index (κ1) is 15.0. The lowest BCUT2D eigenvalue weighted by Gasteiger charge is -2.17. The summed E-state index contributed by atoms with van der Waals surface area (Å²) >= 11 is 5.84. The number of hydrogen-bond donors (Lipinski definition) is 0. The highest BCUT2D eigenvalue weighted by Crippen LogP contribution is 2.30. The minimum absolute atomic E-state index is 0.0646. The summed E-state index contributed by atoms with van der Waals surface area (Å²) in [6.45, 7) is 4.47. The smallest absolute Gasteiger partial charge is 0.226 e. The molecule has 20 heavy (non-hydrogen) atoms. The van der Waals surface area contributed by atoms with Gasteiger partial charge >= 0.3 is 0 Å². The van der Waals surface area contributed by atoms with E-state index < -0.39 is 5.38 Å². The molecule has 0 spiro atoms. The van der Waals surface area contributed by atoms with Crippen LogP contribution in [0, 0.1) is 0 Å². The average molecular weight is 294 g/mol. The van der Waals surface area contributed by atoms with Crippen LogP contribution in [-0.4, -0.2) is 23.6 Å². The standard InChI is InChI=1S/C16H20ClNO2/c1-3-4-5-15(19)18-9-8-12-10-13(6-7-14(12)18)16(20)11(2)17/h6-7,10-11H,3-5,8-9H2,1-2H3. The van der Waals surface area contributed by atoms with Gasteiger partial charge in [0.1, 0.15) is 0 Å². The van der Waals surface area contributed by atoms with Crippen molar-refractivity contribution >= 4 is 29.0 Å². The van der Waals surface area contributed by atoms with Gasteiger partial charge in [0.25, 0.3) is 0 Å². The van der Waals surface area contributed by atoms with Gasteiger partial charge in [-0.05, 0) is 43.5 Å². The van der Waals surface area contributed by atoms with E-state index in [0.29, 0.717) is 18.5 Å². The number of fused-ring (bicyclic) bond motifs is 1. The number of anilines is 1. The number of carbonyl (C=O) groups excluding carboxylic acids is 2. The third kappa shape index (κ3) is 3.04. The second kappa shape index (κ2) is 6.40. The van der Waals surface area contributed by atoms with Crippen molar-refractivity contribution in [2.75, 3.05) is 11.4 Å². The predicted molar refractivity (Wildman–Crippen MR) is 81.7 cm³/mol. The van der Waals surface area contributed by atoms with Crippen LogP contribution in [0.1, 0.15) is 49.0 Å². The van der Waals surface area contributed by atoms with E-state index in [4.69, 9.17) is 11.6 Å². The zero-order valence-corrected chi connectivity index (χ0v) is 12.7. The van der Waals surface area contributed by atoms with Crippen molar-refractivity contribution in [2.24, 2.45) is 0 Å². The molecule has 1 amide bonds. The quantitative estimate of drug-likeness (QED) is 0.615. The summed E-state index contributed by atoms with van der Waals surface area (Å²) in [7, 11) is 0. The molecule has 1 atom stereocenters. The lowest BCUT2D eigenvalue weighted by atomic mass is 10.0. The van der Waals surface area contributed by atoms with Crippen LogP contribution in [0.5, 0.6) is 0 Å². The molecule has 1 aromatic rings. The van der Waals surface area contributed by atoms with Crippen LogP contribution in [-0.2, 0) is 11.2 Å². The second-order valence-electron chi connectivity index (χ2n) is 5.22. The number of hydrogen-bond acceptors (Lipinski definition) is 2. The molecule has 0 aromatic heterocycles. The molecule has 0 saturated carbocycles. The van der Waals surface area contributed by atoms with E-state index in [1.165, 1.54) is 0 Å². The van der Waals surface area contributed by atoms with Crippen LogP contribution in [0.3, 0.4) is 0 Å². The summed E-state index contributed by atoms with van der Waals surface area (Å²) in [4.78, 5) is 25.9. The first-order valence-corrected chi connectivity index (χ1v) is 7.59. The van der Waals surface area contributed by atoms with Crippen molar-refractivity contribution in [3.8, 4) is 0 Å². The number of alkyl halides is 1. The molecule has 0 aliphatic carbocycles. The number of Topliss-reactive ketones (excluding diaryl/α,β-unsaturated/α-hetero) is 1. The number of ketones is 1. The van der Waals surface area contributed by atoms with E-state index in [2.05, 4.69) is 6.92 Å². The highest BCUT2D eigenvalue weighted by atomic mass is 35.5. The Balaban J connectivity index is 2.18. The molecule has 0 bridgehead atoms. The Morgan fingerprint density at radius 3 is 2.80 bits per heavy atom. The van der Waals surface area contributed by atoms with Crippen LogP contribution in [0.25, 0.3) is 0 Å². The summed E-state index contributed by atoms with van der Waals surface area (Å²) in [5.41, 5.74) is 2.65. The minimum Gasteiger partial charge on any atom is -0.312 e. The van der Waals surface area contributed by atoms with Gasteiger partial charge in [0, 0.05) is 24.2 Å². The van der Waals surface area contributed by atoms with Crippen molar-refractivity contribution in [3.05, 3.63) is 29.3 Å². The van der Waals surface area contributed by atoms with E-state index >= 15 is 0 Å². The van der Waals surface area contributed by atoms with Gasteiger partial charge < -0.3 is 4.90 Å². The van der Waals surface area contributed by atoms with E-state index in [1.54, 1.807) is 13.0 Å². The Morgan fingerprint density at radius 1 is 1.40 bits per heavy atom. The van der Waals surface area contributed by atoms with Crippen LogP contribution in [0.2, 0.25) is 0 Å². The summed E-state index contributed by atoms with van der Waals surface area (Å²) < 4.78 is 0. The summed E-state index contributed by atoms with van der Waals surface area (Å²) in [6.07, 6.45) is 3.35. The van der Waals surface area contributed by atoms with Crippen molar-refractivity contribution in [2.45, 2.75) is 44.9 Å². The van der Waals surface area contributed by atoms with Crippen LogP contribution in [0.4, 0.5) is 5.69 Å². The largest absolute Gasteiger partial charge is 0.312 e. The molecule has 1 aliphatic heterocycles. The average Bonchev–Trinajstić information content (AvgIpc) is 2.86. The van der Waals surface area contributed by atoms with E-state index in [1.807, 2.05) is 17.0 Å². The van der Waals surface area contributed by atoms with Crippen LogP contribution >= 0.6 is 11.6 Å². The number of carbonyl (C=O) groups is 2. The number of nitrogens with zero attached hydrogens (tertiary/aromatic N) is 1. The fourth-order valence-electron chi connectivity index (χ4n) is 2.51. The Labute approximate surface area is 124 Å². The molecule has 2 rings (SSSR count). The molecule has 1 aliphatic rings. The Bertz CT molecular complexity index is 525. The van der Waals surface area contributed by atoms with E-state index in [-0.39, 0.29) is 11.7 Å². The van der Waals surface area contributed by atoms with Gasteiger partial charge in [-0.15, -0.1) is 11.6 Å². The Kier molecular flexibility index (Phi) is 4.81. The van der Waals surface area contributed by atoms with Gasteiger partial charge in [0.2, 0.25) is 5.91 Å². The molecular weight excluding hydrogens is 274 g/mol. The molecule has 3 nitrogen and oxygen atoms in total. The predicted octanol–water partition coefficient (Wildman–Crippen LogP) is 3.58. The van der Waals surface area contributed by atoms with E-state index in [0.717, 1.165) is 30.5 Å². The van der Waals surface area contributed by atoms with Crippen LogP contribution in [0.15, 0.2) is 18.2 Å². The number of amides is 1. The molecule has 0 fully saturated rings. The molecule has 1 aromatic carbocycles. The van der Waals surface area contributed by atoms with Crippen LogP contribution < -0.4 is 4.90 Å². The maximum absolute atomic E-state index is 12.1. The molecule has 1 heterocycles. The number of unbranched alkanes of at least 4 members (excludes halogenated alkanes) is 1. The van der Waals surface area contributed by atoms with E-state index in [9.17, 15) is 9.59 Å². The third-order valence-corrected chi connectivity index (χ3v) is 3.86. The highest BCUT2D eigenvalue weighted by molar-refractivity contribution is 6.33.